The first kappa shape index (κ1) is 29.2. The summed E-state index contributed by atoms with van der Waals surface area (Å²) in [6, 6.07) is 36.9. The molecule has 0 unspecified atom stereocenters. The molecule has 0 atom stereocenters. The number of fused-ring (bicyclic) bond motifs is 3. The summed E-state index contributed by atoms with van der Waals surface area (Å²) in [5.41, 5.74) is 5.31. The van der Waals surface area contributed by atoms with Crippen LogP contribution in [0.4, 0.5) is 17.1 Å². The van der Waals surface area contributed by atoms with Gasteiger partial charge in [-0.2, -0.15) is 6.07 Å². The van der Waals surface area contributed by atoms with Crippen LogP contribution >= 0.6 is 0 Å². The van der Waals surface area contributed by atoms with Crippen LogP contribution in [0.1, 0.15) is 26.3 Å². The number of ether oxygens (including phenoxy) is 1. The second kappa shape index (κ2) is 11.7. The number of aromatic nitrogens is 2. The molecule has 0 fully saturated rings. The maximum absolute atomic E-state index is 7.70. The minimum Gasteiger partial charge on any atom is -0.510 e. The number of benzene rings is 4. The van der Waals surface area contributed by atoms with E-state index in [0.717, 1.165) is 33.3 Å². The Morgan fingerprint density at radius 1 is 0.818 bits per heavy atom. The molecule has 6 nitrogen and oxygen atoms in total. The van der Waals surface area contributed by atoms with Gasteiger partial charge < -0.3 is 19.1 Å². The van der Waals surface area contributed by atoms with E-state index in [-0.39, 0.29) is 26.5 Å². The third-order valence-electron chi connectivity index (χ3n) is 7.53. The third-order valence-corrected chi connectivity index (χ3v) is 7.53. The van der Waals surface area contributed by atoms with Gasteiger partial charge in [0.2, 0.25) is 0 Å². The van der Waals surface area contributed by atoms with E-state index in [1.54, 1.807) is 12.1 Å². The van der Waals surface area contributed by atoms with Crippen LogP contribution in [0, 0.1) is 25.4 Å². The average Bonchev–Trinajstić information content (AvgIpc) is 3.64. The van der Waals surface area contributed by atoms with Gasteiger partial charge in [-0.25, -0.2) is 4.98 Å². The summed E-state index contributed by atoms with van der Waals surface area (Å²) in [6.45, 7) is 16.3. The van der Waals surface area contributed by atoms with E-state index in [2.05, 4.69) is 72.6 Å². The number of hydrogen-bond acceptors (Lipinski definition) is 4. The standard InChI is InChI=1S/C37H28N5O.Pt/c1-37(2,3)26-16-17-39-36(20-26)42-34-13-9-8-12-32(34)33-15-14-30(24-35(33)42)43-31-22-27(38-4)21-29(23-31)41-19-18-40(25-41)28-10-6-5-7-11-28;/h5-22,25H,1-3H3;/q-3;. The molecule has 0 aliphatic carbocycles. The molecular weight excluding hydrogens is 726 g/mol. The SMILES string of the molecule is [C-]#[N+]c1cc(Oc2[c-]c3c(cc2)c2ccccc2n3-c2cc(C(C)(C)C)ccn2)[c-]c(N2C=CN(c3ccccc3)[CH-]2)c1.[Pt]. The van der Waals surface area contributed by atoms with Crippen molar-refractivity contribution < 1.29 is 25.8 Å². The minimum atomic E-state index is -0.0179. The maximum atomic E-state index is 7.70. The van der Waals surface area contributed by atoms with Crippen LogP contribution in [-0.2, 0) is 26.5 Å². The Morgan fingerprint density at radius 3 is 2.39 bits per heavy atom. The van der Waals surface area contributed by atoms with Crippen molar-refractivity contribution in [1.29, 1.82) is 0 Å². The molecule has 44 heavy (non-hydrogen) atoms. The van der Waals surface area contributed by atoms with Crippen LogP contribution in [0.25, 0.3) is 32.5 Å². The van der Waals surface area contributed by atoms with Gasteiger partial charge in [0.25, 0.3) is 0 Å². The fourth-order valence-corrected chi connectivity index (χ4v) is 5.32. The third kappa shape index (κ3) is 5.48. The molecule has 1 aliphatic heterocycles. The predicted octanol–water partition coefficient (Wildman–Crippen LogP) is 9.33. The summed E-state index contributed by atoms with van der Waals surface area (Å²) >= 11 is 0. The van der Waals surface area contributed by atoms with Gasteiger partial charge in [0.1, 0.15) is 5.82 Å². The molecule has 0 spiro atoms. The normalized spacial score (nSPS) is 12.9. The Labute approximate surface area is 271 Å². The number of pyridine rings is 1. The number of para-hydroxylation sites is 2. The van der Waals surface area contributed by atoms with Crippen LogP contribution in [0.5, 0.6) is 11.5 Å². The van der Waals surface area contributed by atoms with E-state index in [1.165, 1.54) is 5.56 Å². The van der Waals surface area contributed by atoms with Crippen molar-refractivity contribution in [2.75, 3.05) is 9.80 Å². The van der Waals surface area contributed by atoms with Crippen molar-refractivity contribution in [3.05, 3.63) is 145 Å². The molecule has 0 bridgehead atoms. The van der Waals surface area contributed by atoms with Crippen molar-refractivity contribution in [1.82, 2.24) is 9.55 Å². The molecule has 3 heterocycles. The van der Waals surface area contributed by atoms with E-state index < -0.39 is 0 Å². The zero-order valence-corrected chi connectivity index (χ0v) is 26.7. The van der Waals surface area contributed by atoms with Gasteiger partial charge in [0, 0.05) is 50.0 Å². The fraction of sp³-hybridized carbons (Fsp3) is 0.108. The first-order chi connectivity index (χ1) is 20.9. The average molecular weight is 754 g/mol. The van der Waals surface area contributed by atoms with Gasteiger partial charge in [-0.05, 0) is 59.1 Å². The molecule has 7 heteroatoms. The van der Waals surface area contributed by atoms with Crippen molar-refractivity contribution >= 4 is 38.9 Å². The molecule has 4 aromatic carbocycles. The predicted molar refractivity (Wildman–Crippen MR) is 173 cm³/mol. The molecule has 1 aliphatic rings. The topological polar surface area (TPSA) is 37.9 Å². The molecule has 0 radical (unpaired) electrons. The Kier molecular flexibility index (Phi) is 7.76. The smallest absolute Gasteiger partial charge is 0.135 e. The zero-order valence-electron chi connectivity index (χ0n) is 24.4. The monoisotopic (exact) mass is 753 g/mol. The van der Waals surface area contributed by atoms with Crippen molar-refractivity contribution in [2.45, 2.75) is 26.2 Å². The molecule has 0 saturated carbocycles. The number of anilines is 2. The van der Waals surface area contributed by atoms with Crippen LogP contribution in [0.2, 0.25) is 0 Å². The number of rotatable bonds is 5. The Balaban J connectivity index is 0.00000343. The van der Waals surface area contributed by atoms with Gasteiger partial charge in [0.05, 0.1) is 12.3 Å². The summed E-state index contributed by atoms with van der Waals surface area (Å²) in [6.07, 6.45) is 5.77. The van der Waals surface area contributed by atoms with E-state index in [0.29, 0.717) is 22.9 Å². The summed E-state index contributed by atoms with van der Waals surface area (Å²) < 4.78 is 8.48. The van der Waals surface area contributed by atoms with Crippen molar-refractivity contribution in [3.63, 3.8) is 0 Å². The van der Waals surface area contributed by atoms with E-state index in [9.17, 15) is 0 Å². The number of hydrogen-bond donors (Lipinski definition) is 0. The quantitative estimate of drug-likeness (QED) is 0.165. The molecular formula is C37H28N5OPt-3. The molecule has 6 aromatic rings. The molecule has 0 N–H and O–H groups in total. The van der Waals surface area contributed by atoms with Crippen LogP contribution in [-0.4, -0.2) is 9.55 Å². The molecule has 7 rings (SSSR count). The van der Waals surface area contributed by atoms with Gasteiger partial charge in [-0.3, -0.25) is 4.85 Å². The summed E-state index contributed by atoms with van der Waals surface area (Å²) in [7, 11) is 0. The van der Waals surface area contributed by atoms with Gasteiger partial charge in [-0.1, -0.05) is 62.7 Å². The molecule has 0 amide bonds. The fourth-order valence-electron chi connectivity index (χ4n) is 5.32. The Morgan fingerprint density at radius 2 is 1.59 bits per heavy atom. The van der Waals surface area contributed by atoms with Gasteiger partial charge in [-0.15, -0.1) is 48.1 Å². The second-order valence-corrected chi connectivity index (χ2v) is 11.5. The van der Waals surface area contributed by atoms with Crippen LogP contribution in [0.3, 0.4) is 0 Å². The second-order valence-electron chi connectivity index (χ2n) is 11.5. The summed E-state index contributed by atoms with van der Waals surface area (Å²) in [5.74, 6) is 1.80. The Bertz CT molecular complexity index is 2050. The molecule has 2 aromatic heterocycles. The first-order valence-electron chi connectivity index (χ1n) is 14.1. The van der Waals surface area contributed by atoms with Crippen LogP contribution in [0.15, 0.2) is 110 Å². The Hall–Kier alpha value is -4.85. The van der Waals surface area contributed by atoms with Gasteiger partial charge >= 0.3 is 0 Å². The minimum absolute atomic E-state index is 0. The van der Waals surface area contributed by atoms with E-state index in [1.807, 2.05) is 83.6 Å². The van der Waals surface area contributed by atoms with E-state index >= 15 is 0 Å². The van der Waals surface area contributed by atoms with Crippen molar-refractivity contribution in [3.8, 4) is 17.3 Å². The van der Waals surface area contributed by atoms with Crippen LogP contribution < -0.4 is 14.5 Å². The maximum Gasteiger partial charge on any atom is 0.135 e. The largest absolute Gasteiger partial charge is 0.510 e. The summed E-state index contributed by atoms with van der Waals surface area (Å²) in [4.78, 5) is 12.4. The van der Waals surface area contributed by atoms with Gasteiger partial charge in [0.15, 0.2) is 0 Å². The zero-order chi connectivity index (χ0) is 29.6. The number of nitrogens with zero attached hydrogens (tertiary/aromatic N) is 5. The van der Waals surface area contributed by atoms with E-state index in [4.69, 9.17) is 16.3 Å². The molecule has 0 saturated heterocycles. The summed E-state index contributed by atoms with van der Waals surface area (Å²) in [5, 5.41) is 2.18. The first-order valence-corrected chi connectivity index (χ1v) is 14.1. The molecule has 220 valence electrons. The van der Waals surface area contributed by atoms with Crippen molar-refractivity contribution in [2.24, 2.45) is 0 Å².